The van der Waals surface area contributed by atoms with Gasteiger partial charge in [-0.1, -0.05) is 56.3 Å². The van der Waals surface area contributed by atoms with E-state index in [1.807, 2.05) is 42.5 Å². The number of nitrogens with one attached hydrogen (secondary N) is 2. The highest BCUT2D eigenvalue weighted by Crippen LogP contribution is 2.48. The molecule has 7 nitrogen and oxygen atoms in total. The van der Waals surface area contributed by atoms with Crippen LogP contribution in [0, 0.1) is 0 Å². The minimum atomic E-state index is -3.53. The fraction of sp³-hybridized carbons (Fsp3) is 0.323. The molecule has 0 aliphatic carbocycles. The Morgan fingerprint density at radius 3 is 2.18 bits per heavy atom. The van der Waals surface area contributed by atoms with Crippen LogP contribution in [-0.2, 0) is 24.8 Å². The van der Waals surface area contributed by atoms with Gasteiger partial charge >= 0.3 is 7.60 Å². The van der Waals surface area contributed by atoms with Gasteiger partial charge in [0.25, 0.3) is 5.91 Å². The molecule has 0 aromatic heterocycles. The van der Waals surface area contributed by atoms with E-state index in [9.17, 15) is 9.36 Å². The lowest BCUT2D eigenvalue weighted by atomic mass is 10.00. The molecule has 0 radical (unpaired) electrons. The highest BCUT2D eigenvalue weighted by molar-refractivity contribution is 7.62. The summed E-state index contributed by atoms with van der Waals surface area (Å²) in [5, 5.41) is 6.89. The summed E-state index contributed by atoms with van der Waals surface area (Å²) < 4.78 is 24.7. The standard InChI is InChI=1S/C31H38N3O4P/c1-5-34(6-2)21-20-23-14-16-25(17-15-23)32-30(24-12-10-9-11-13-24)29-27-22-26(18-19-28(27)33-31(29)35)39(36,37-7-3)38-8-4/h9-19,22,32H,5-8,20-21H2,1-4H3,(H,33,35). The van der Waals surface area contributed by atoms with Crippen molar-refractivity contribution < 1.29 is 18.4 Å². The van der Waals surface area contributed by atoms with Crippen LogP contribution in [0.5, 0.6) is 0 Å². The number of hydrogen-bond donors (Lipinski definition) is 2. The predicted octanol–water partition coefficient (Wildman–Crippen LogP) is 6.39. The van der Waals surface area contributed by atoms with Gasteiger partial charge in [0.1, 0.15) is 0 Å². The number of anilines is 2. The highest BCUT2D eigenvalue weighted by Gasteiger charge is 2.33. The zero-order valence-corrected chi connectivity index (χ0v) is 24.1. The van der Waals surface area contributed by atoms with Gasteiger partial charge < -0.3 is 24.6 Å². The molecule has 0 unspecified atom stereocenters. The van der Waals surface area contributed by atoms with Gasteiger partial charge in [0, 0.05) is 23.5 Å². The molecule has 0 saturated carbocycles. The molecule has 0 saturated heterocycles. The van der Waals surface area contributed by atoms with Crippen molar-refractivity contribution in [1.82, 2.24) is 4.90 Å². The van der Waals surface area contributed by atoms with Crippen LogP contribution >= 0.6 is 7.60 Å². The van der Waals surface area contributed by atoms with Gasteiger partial charge in [-0.15, -0.1) is 0 Å². The molecule has 1 aliphatic rings. The molecular formula is C31H38N3O4P. The van der Waals surface area contributed by atoms with Gasteiger partial charge in [0.15, 0.2) is 0 Å². The Bertz CT molecular complexity index is 1340. The molecule has 3 aromatic carbocycles. The van der Waals surface area contributed by atoms with Crippen LogP contribution in [0.4, 0.5) is 11.4 Å². The zero-order chi connectivity index (χ0) is 27.8. The number of carbonyl (C=O) groups excluding carboxylic acids is 1. The molecule has 0 fully saturated rings. The van der Waals surface area contributed by atoms with Gasteiger partial charge in [-0.05, 0) is 74.8 Å². The maximum atomic E-state index is 13.5. The second kappa shape index (κ2) is 13.2. The number of rotatable bonds is 13. The van der Waals surface area contributed by atoms with E-state index in [0.717, 1.165) is 37.3 Å². The summed E-state index contributed by atoms with van der Waals surface area (Å²) in [5.74, 6) is -0.230. The van der Waals surface area contributed by atoms with E-state index in [1.165, 1.54) is 5.56 Å². The van der Waals surface area contributed by atoms with Gasteiger partial charge in [-0.25, -0.2) is 0 Å². The number of fused-ring (bicyclic) bond motifs is 1. The zero-order valence-electron chi connectivity index (χ0n) is 23.2. The summed E-state index contributed by atoms with van der Waals surface area (Å²) in [4.78, 5) is 15.8. The fourth-order valence-corrected chi connectivity index (χ4v) is 6.31. The third-order valence-corrected chi connectivity index (χ3v) is 8.92. The minimum absolute atomic E-state index is 0.230. The highest BCUT2D eigenvalue weighted by atomic mass is 31.2. The maximum absolute atomic E-state index is 13.5. The van der Waals surface area contributed by atoms with Crippen molar-refractivity contribution >= 4 is 41.5 Å². The molecule has 8 heteroatoms. The lowest BCUT2D eigenvalue weighted by Crippen LogP contribution is -2.25. The molecule has 39 heavy (non-hydrogen) atoms. The lowest BCUT2D eigenvalue weighted by Gasteiger charge is -2.19. The SMILES string of the molecule is CCOP(=O)(OCC)c1ccc2c(c1)C(=C(Nc1ccc(CCN(CC)CC)cc1)c1ccccc1)C(=O)N2. The van der Waals surface area contributed by atoms with Gasteiger partial charge in [0.05, 0.1) is 29.8 Å². The first-order chi connectivity index (χ1) is 18.9. The Morgan fingerprint density at radius 1 is 0.897 bits per heavy atom. The smallest absolute Gasteiger partial charge is 0.354 e. The predicted molar refractivity (Wildman–Crippen MR) is 160 cm³/mol. The first-order valence-corrected chi connectivity index (χ1v) is 15.2. The van der Waals surface area contributed by atoms with E-state index < -0.39 is 7.60 Å². The van der Waals surface area contributed by atoms with E-state index in [1.54, 1.807) is 32.0 Å². The van der Waals surface area contributed by atoms with Crippen LogP contribution in [0.1, 0.15) is 44.4 Å². The first kappa shape index (κ1) is 28.8. The number of benzene rings is 3. The molecule has 206 valence electrons. The summed E-state index contributed by atoms with van der Waals surface area (Å²) in [7, 11) is -3.53. The summed E-state index contributed by atoms with van der Waals surface area (Å²) in [5.41, 5.74) is 5.45. The van der Waals surface area contributed by atoms with Crippen molar-refractivity contribution in [3.63, 3.8) is 0 Å². The fourth-order valence-electron chi connectivity index (χ4n) is 4.71. The van der Waals surface area contributed by atoms with Crippen molar-refractivity contribution in [2.45, 2.75) is 34.1 Å². The normalized spacial score (nSPS) is 14.3. The topological polar surface area (TPSA) is 79.9 Å². The van der Waals surface area contributed by atoms with Gasteiger partial charge in [-0.3, -0.25) is 9.36 Å². The number of carbonyl (C=O) groups is 1. The molecule has 0 spiro atoms. The first-order valence-electron chi connectivity index (χ1n) is 13.7. The molecule has 4 rings (SSSR count). The summed E-state index contributed by atoms with van der Waals surface area (Å²) in [6, 6.07) is 23.3. The van der Waals surface area contributed by atoms with Crippen molar-refractivity contribution in [3.05, 3.63) is 89.5 Å². The largest absolute Gasteiger partial charge is 0.361 e. The summed E-state index contributed by atoms with van der Waals surface area (Å²) in [6.45, 7) is 11.5. The average molecular weight is 548 g/mol. The second-order valence-corrected chi connectivity index (χ2v) is 11.3. The number of hydrogen-bond acceptors (Lipinski definition) is 6. The Balaban J connectivity index is 1.73. The Labute approximate surface area is 231 Å². The monoisotopic (exact) mass is 547 g/mol. The molecule has 1 amide bonds. The van der Waals surface area contributed by atoms with E-state index in [0.29, 0.717) is 27.8 Å². The van der Waals surface area contributed by atoms with E-state index in [4.69, 9.17) is 9.05 Å². The third kappa shape index (κ3) is 6.68. The van der Waals surface area contributed by atoms with Crippen molar-refractivity contribution in [1.29, 1.82) is 0 Å². The molecule has 3 aromatic rings. The Hall–Kier alpha value is -3.22. The van der Waals surface area contributed by atoms with E-state index in [-0.39, 0.29) is 19.1 Å². The van der Waals surface area contributed by atoms with Gasteiger partial charge in [0.2, 0.25) is 0 Å². The molecule has 0 atom stereocenters. The quantitative estimate of drug-likeness (QED) is 0.191. The molecule has 1 heterocycles. The van der Waals surface area contributed by atoms with Crippen LogP contribution in [0.15, 0.2) is 72.8 Å². The van der Waals surface area contributed by atoms with Crippen LogP contribution in [0.25, 0.3) is 11.3 Å². The molecule has 1 aliphatic heterocycles. The minimum Gasteiger partial charge on any atom is -0.354 e. The van der Waals surface area contributed by atoms with Crippen molar-refractivity contribution in [3.8, 4) is 0 Å². The Kier molecular flexibility index (Phi) is 9.76. The number of likely N-dealkylation sites (N-methyl/N-ethyl adjacent to an activating group) is 1. The van der Waals surface area contributed by atoms with Crippen molar-refractivity contribution in [2.24, 2.45) is 0 Å². The lowest BCUT2D eigenvalue weighted by molar-refractivity contribution is -0.110. The molecular weight excluding hydrogens is 509 g/mol. The average Bonchev–Trinajstić information content (AvgIpc) is 3.28. The Morgan fingerprint density at radius 2 is 1.56 bits per heavy atom. The van der Waals surface area contributed by atoms with Crippen molar-refractivity contribution in [2.75, 3.05) is 43.5 Å². The molecule has 0 bridgehead atoms. The van der Waals surface area contributed by atoms with Crippen LogP contribution in [0.2, 0.25) is 0 Å². The van der Waals surface area contributed by atoms with Crippen LogP contribution in [-0.4, -0.2) is 43.7 Å². The second-order valence-electron chi connectivity index (χ2n) is 9.23. The van der Waals surface area contributed by atoms with Gasteiger partial charge in [-0.2, -0.15) is 0 Å². The summed E-state index contributed by atoms with van der Waals surface area (Å²) >= 11 is 0. The number of amides is 1. The van der Waals surface area contributed by atoms with Crippen LogP contribution in [0.3, 0.4) is 0 Å². The third-order valence-electron chi connectivity index (χ3n) is 6.81. The van der Waals surface area contributed by atoms with Crippen LogP contribution < -0.4 is 15.9 Å². The maximum Gasteiger partial charge on any atom is 0.361 e. The van der Waals surface area contributed by atoms with E-state index >= 15 is 0 Å². The summed E-state index contributed by atoms with van der Waals surface area (Å²) in [6.07, 6.45) is 0.979. The number of nitrogens with zero attached hydrogens (tertiary/aromatic N) is 1. The molecule has 2 N–H and O–H groups in total. The van der Waals surface area contributed by atoms with E-state index in [2.05, 4.69) is 41.5 Å².